The largest absolute Gasteiger partial charge is 0.259 e. The number of aromatic nitrogens is 3. The first kappa shape index (κ1) is 22.2. The van der Waals surface area contributed by atoms with Gasteiger partial charge in [0.2, 0.25) is 0 Å². The molecule has 5 aromatic rings. The molecule has 0 fully saturated rings. The summed E-state index contributed by atoms with van der Waals surface area (Å²) >= 11 is 0. The number of hydrogen-bond acceptors (Lipinski definition) is 2. The second kappa shape index (κ2) is 10.1. The number of nitrogens with zero attached hydrogens (tertiary/aromatic N) is 2. The molecule has 1 aromatic heterocycles. The van der Waals surface area contributed by atoms with Crippen molar-refractivity contribution in [2.24, 2.45) is 0 Å². The molecule has 0 atom stereocenters. The van der Waals surface area contributed by atoms with Crippen molar-refractivity contribution in [1.29, 1.82) is 0 Å². The topological polar surface area (TPSA) is 41.6 Å². The van der Waals surface area contributed by atoms with E-state index in [0.717, 1.165) is 11.4 Å². The van der Waals surface area contributed by atoms with Gasteiger partial charge in [0, 0.05) is 5.56 Å². The Balaban J connectivity index is 0.000000183. The average molecular weight is 432 g/mol. The Morgan fingerprint density at radius 2 is 1.09 bits per heavy atom. The molecule has 0 amide bonds. The summed E-state index contributed by atoms with van der Waals surface area (Å²) in [5.41, 5.74) is 7.50. The molecule has 1 N–H and O–H groups in total. The first-order valence-electron chi connectivity index (χ1n) is 11.2. The van der Waals surface area contributed by atoms with Gasteiger partial charge < -0.3 is 0 Å². The van der Waals surface area contributed by atoms with Gasteiger partial charge in [-0.2, -0.15) is 5.10 Å². The summed E-state index contributed by atoms with van der Waals surface area (Å²) in [6.07, 6.45) is 1.54. The third kappa shape index (κ3) is 5.64. The molecule has 0 saturated carbocycles. The Morgan fingerprint density at radius 1 is 0.576 bits per heavy atom. The van der Waals surface area contributed by atoms with Gasteiger partial charge in [0.25, 0.3) is 0 Å². The Hall–Kier alpha value is -3.98. The maximum Gasteiger partial charge on any atom is 0.155 e. The summed E-state index contributed by atoms with van der Waals surface area (Å²) < 4.78 is 0. The highest BCUT2D eigenvalue weighted by Crippen LogP contribution is 2.35. The smallest absolute Gasteiger partial charge is 0.155 e. The van der Waals surface area contributed by atoms with Crippen LogP contribution >= 0.6 is 0 Å². The van der Waals surface area contributed by atoms with Crippen LogP contribution in [0.2, 0.25) is 0 Å². The molecular weight excluding hydrogens is 402 g/mol. The normalized spacial score (nSPS) is 10.9. The molecule has 1 heterocycles. The number of hydrogen-bond donors (Lipinski definition) is 1. The van der Waals surface area contributed by atoms with Crippen molar-refractivity contribution < 1.29 is 0 Å². The molecular formula is C30H29N3. The lowest BCUT2D eigenvalue weighted by atomic mass is 9.81. The molecule has 33 heavy (non-hydrogen) atoms. The molecule has 0 aliphatic heterocycles. The van der Waals surface area contributed by atoms with Gasteiger partial charge in [-0.3, -0.25) is 5.10 Å². The second-order valence-corrected chi connectivity index (χ2v) is 8.94. The molecule has 3 nitrogen and oxygen atoms in total. The van der Waals surface area contributed by atoms with Crippen molar-refractivity contribution >= 4 is 0 Å². The molecule has 0 bridgehead atoms. The standard InChI is InChI=1S/C18H19N3.C12H10/c1-18(2,3)16-11-14(17-19-12-20-21-17)9-10-15(16)13-7-5-4-6-8-13;1-3-7-11(8-4-1)12-9-5-2-6-10-12/h4-12H,1-3H3,(H,19,20,21);1-10H. The van der Waals surface area contributed by atoms with E-state index in [0.29, 0.717) is 0 Å². The van der Waals surface area contributed by atoms with E-state index >= 15 is 0 Å². The molecule has 0 saturated heterocycles. The zero-order valence-corrected chi connectivity index (χ0v) is 19.4. The predicted molar refractivity (Wildman–Crippen MR) is 138 cm³/mol. The number of benzene rings is 4. The molecule has 3 heteroatoms. The van der Waals surface area contributed by atoms with Crippen molar-refractivity contribution in [1.82, 2.24) is 15.2 Å². The van der Waals surface area contributed by atoms with Gasteiger partial charge in [0.05, 0.1) is 0 Å². The fourth-order valence-corrected chi connectivity index (χ4v) is 3.79. The summed E-state index contributed by atoms with van der Waals surface area (Å²) in [6.45, 7) is 6.71. The number of aromatic amines is 1. The van der Waals surface area contributed by atoms with Gasteiger partial charge in [-0.25, -0.2) is 4.98 Å². The lowest BCUT2D eigenvalue weighted by Gasteiger charge is -2.24. The van der Waals surface area contributed by atoms with Gasteiger partial charge in [-0.15, -0.1) is 0 Å². The van der Waals surface area contributed by atoms with Crippen LogP contribution in [0.15, 0.2) is 116 Å². The molecule has 4 aromatic carbocycles. The zero-order chi connectivity index (χ0) is 23.1. The number of nitrogens with one attached hydrogen (secondary N) is 1. The van der Waals surface area contributed by atoms with E-state index in [9.17, 15) is 0 Å². The quantitative estimate of drug-likeness (QED) is 0.317. The second-order valence-electron chi connectivity index (χ2n) is 8.94. The molecule has 0 spiro atoms. The van der Waals surface area contributed by atoms with Crippen molar-refractivity contribution in [2.75, 3.05) is 0 Å². The first-order valence-corrected chi connectivity index (χ1v) is 11.2. The zero-order valence-electron chi connectivity index (χ0n) is 19.4. The predicted octanol–water partition coefficient (Wildman–Crippen LogP) is 7.79. The lowest BCUT2D eigenvalue weighted by Crippen LogP contribution is -2.13. The van der Waals surface area contributed by atoms with Gasteiger partial charge in [0.1, 0.15) is 6.33 Å². The fourth-order valence-electron chi connectivity index (χ4n) is 3.79. The molecule has 0 radical (unpaired) electrons. The van der Waals surface area contributed by atoms with Gasteiger partial charge in [0.15, 0.2) is 5.82 Å². The van der Waals surface area contributed by atoms with Crippen molar-refractivity contribution in [2.45, 2.75) is 26.2 Å². The lowest BCUT2D eigenvalue weighted by molar-refractivity contribution is 0.592. The Kier molecular flexibility index (Phi) is 6.80. The van der Waals surface area contributed by atoms with Crippen LogP contribution in [0, 0.1) is 0 Å². The summed E-state index contributed by atoms with van der Waals surface area (Å²) in [5, 5.41) is 6.87. The molecule has 0 aliphatic carbocycles. The van der Waals surface area contributed by atoms with E-state index in [1.54, 1.807) is 0 Å². The van der Waals surface area contributed by atoms with Crippen LogP contribution in [0.4, 0.5) is 0 Å². The highest BCUT2D eigenvalue weighted by molar-refractivity contribution is 5.73. The minimum Gasteiger partial charge on any atom is -0.259 e. The van der Waals surface area contributed by atoms with E-state index in [2.05, 4.69) is 127 Å². The summed E-state index contributed by atoms with van der Waals surface area (Å²) in [7, 11) is 0. The third-order valence-corrected chi connectivity index (χ3v) is 5.48. The maximum absolute atomic E-state index is 4.25. The minimum absolute atomic E-state index is 0.0568. The van der Waals surface area contributed by atoms with Crippen LogP contribution in [0.3, 0.4) is 0 Å². The van der Waals surface area contributed by atoms with E-state index in [1.807, 2.05) is 18.2 Å². The minimum atomic E-state index is 0.0568. The van der Waals surface area contributed by atoms with Crippen molar-refractivity contribution in [3.05, 3.63) is 121 Å². The maximum atomic E-state index is 4.25. The van der Waals surface area contributed by atoms with Crippen LogP contribution < -0.4 is 0 Å². The Bertz CT molecular complexity index is 1220. The summed E-state index contributed by atoms with van der Waals surface area (Å²) in [5.74, 6) is 0.806. The van der Waals surface area contributed by atoms with Gasteiger partial charge in [-0.05, 0) is 39.3 Å². The average Bonchev–Trinajstić information content (AvgIpc) is 3.40. The highest BCUT2D eigenvalue weighted by Gasteiger charge is 2.20. The van der Waals surface area contributed by atoms with E-state index in [1.165, 1.54) is 34.1 Å². The number of H-pyrrole nitrogens is 1. The fraction of sp³-hybridized carbons (Fsp3) is 0.133. The van der Waals surface area contributed by atoms with Gasteiger partial charge >= 0.3 is 0 Å². The summed E-state index contributed by atoms with van der Waals surface area (Å²) in [6, 6.07) is 37.8. The number of rotatable bonds is 3. The van der Waals surface area contributed by atoms with Crippen LogP contribution in [0.5, 0.6) is 0 Å². The van der Waals surface area contributed by atoms with Crippen LogP contribution in [0.1, 0.15) is 26.3 Å². The van der Waals surface area contributed by atoms with E-state index in [-0.39, 0.29) is 5.41 Å². The molecule has 0 aliphatic rings. The SMILES string of the molecule is CC(C)(C)c1cc(-c2ncn[nH]2)ccc1-c1ccccc1.c1ccc(-c2ccccc2)cc1. The monoisotopic (exact) mass is 431 g/mol. The molecule has 0 unspecified atom stereocenters. The van der Waals surface area contributed by atoms with Crippen molar-refractivity contribution in [3.63, 3.8) is 0 Å². The van der Waals surface area contributed by atoms with E-state index in [4.69, 9.17) is 0 Å². The van der Waals surface area contributed by atoms with Crippen LogP contribution in [0.25, 0.3) is 33.6 Å². The Labute approximate surface area is 196 Å². The molecule has 5 rings (SSSR count). The third-order valence-electron chi connectivity index (χ3n) is 5.48. The van der Waals surface area contributed by atoms with Gasteiger partial charge in [-0.1, -0.05) is 124 Å². The molecule has 164 valence electrons. The van der Waals surface area contributed by atoms with Crippen molar-refractivity contribution in [3.8, 4) is 33.6 Å². The Morgan fingerprint density at radius 3 is 1.55 bits per heavy atom. The first-order chi connectivity index (χ1) is 16.0. The van der Waals surface area contributed by atoms with E-state index < -0.39 is 0 Å². The highest BCUT2D eigenvalue weighted by atomic mass is 15.2. The van der Waals surface area contributed by atoms with Crippen LogP contribution in [-0.2, 0) is 5.41 Å². The van der Waals surface area contributed by atoms with Crippen LogP contribution in [-0.4, -0.2) is 15.2 Å². The summed E-state index contributed by atoms with van der Waals surface area (Å²) in [4.78, 5) is 4.25.